The van der Waals surface area contributed by atoms with E-state index in [2.05, 4.69) is 59.8 Å². The lowest BCUT2D eigenvalue weighted by atomic mass is 10.2. The van der Waals surface area contributed by atoms with Gasteiger partial charge < -0.3 is 5.32 Å². The lowest BCUT2D eigenvalue weighted by Gasteiger charge is -2.07. The van der Waals surface area contributed by atoms with Crippen LogP contribution in [-0.2, 0) is 0 Å². The number of hydrogen-bond donors (Lipinski definition) is 1. The molecule has 0 aromatic heterocycles. The first-order valence-electron chi connectivity index (χ1n) is 5.08. The van der Waals surface area contributed by atoms with Crippen LogP contribution in [0.25, 0.3) is 0 Å². The summed E-state index contributed by atoms with van der Waals surface area (Å²) in [5.41, 5.74) is 1.40. The van der Waals surface area contributed by atoms with Crippen molar-refractivity contribution in [3.05, 3.63) is 60.5 Å². The predicted octanol–water partition coefficient (Wildman–Crippen LogP) is 5.07. The highest BCUT2D eigenvalue weighted by Gasteiger charge is 2.10. The SMILES string of the molecule is O=C(Nc1cccc(I)c1)c1ccc(Br)cc1Br. The standard InChI is InChI=1S/C13H8Br2INO/c14-8-4-5-11(12(15)6-8)13(18)17-10-3-1-2-9(16)7-10/h1-7H,(H,17,18). The summed E-state index contributed by atoms with van der Waals surface area (Å²) in [6.07, 6.45) is 0. The maximum absolute atomic E-state index is 12.1. The molecule has 2 nitrogen and oxygen atoms in total. The monoisotopic (exact) mass is 479 g/mol. The third-order valence-electron chi connectivity index (χ3n) is 2.26. The fraction of sp³-hybridized carbons (Fsp3) is 0. The first kappa shape index (κ1) is 14.0. The summed E-state index contributed by atoms with van der Waals surface area (Å²) in [7, 11) is 0. The van der Waals surface area contributed by atoms with E-state index >= 15 is 0 Å². The molecule has 0 atom stereocenters. The molecule has 0 spiro atoms. The van der Waals surface area contributed by atoms with E-state index in [1.807, 2.05) is 36.4 Å². The van der Waals surface area contributed by atoms with Gasteiger partial charge in [0.15, 0.2) is 0 Å². The quantitative estimate of drug-likeness (QED) is 0.597. The Morgan fingerprint density at radius 2 is 1.89 bits per heavy atom. The summed E-state index contributed by atoms with van der Waals surface area (Å²) in [6.45, 7) is 0. The average Bonchev–Trinajstić information content (AvgIpc) is 2.28. The molecule has 1 N–H and O–H groups in total. The van der Waals surface area contributed by atoms with Crippen LogP contribution in [0.1, 0.15) is 10.4 Å². The second kappa shape index (κ2) is 6.16. The van der Waals surface area contributed by atoms with Crippen LogP contribution in [0.5, 0.6) is 0 Å². The molecule has 0 aliphatic heterocycles. The zero-order valence-electron chi connectivity index (χ0n) is 9.08. The van der Waals surface area contributed by atoms with Crippen LogP contribution in [0.2, 0.25) is 0 Å². The van der Waals surface area contributed by atoms with E-state index in [0.29, 0.717) is 5.56 Å². The second-order valence-electron chi connectivity index (χ2n) is 3.59. The van der Waals surface area contributed by atoms with E-state index < -0.39 is 0 Å². The second-order valence-corrected chi connectivity index (χ2v) is 6.60. The van der Waals surface area contributed by atoms with Gasteiger partial charge in [0.05, 0.1) is 5.56 Å². The Bertz CT molecular complexity index is 601. The van der Waals surface area contributed by atoms with Gasteiger partial charge in [-0.2, -0.15) is 0 Å². The Hall–Kier alpha value is -0.400. The van der Waals surface area contributed by atoms with Gasteiger partial charge in [-0.25, -0.2) is 0 Å². The lowest BCUT2D eigenvalue weighted by molar-refractivity contribution is 0.102. The summed E-state index contributed by atoms with van der Waals surface area (Å²) in [5.74, 6) is -0.128. The number of anilines is 1. The number of hydrogen-bond acceptors (Lipinski definition) is 1. The van der Waals surface area contributed by atoms with Crippen LogP contribution in [0.3, 0.4) is 0 Å². The maximum atomic E-state index is 12.1. The van der Waals surface area contributed by atoms with Crippen LogP contribution < -0.4 is 5.32 Å². The molecule has 0 bridgehead atoms. The minimum Gasteiger partial charge on any atom is -0.322 e. The third-order valence-corrected chi connectivity index (χ3v) is 4.08. The Kier molecular flexibility index (Phi) is 4.80. The van der Waals surface area contributed by atoms with Gasteiger partial charge in [0.25, 0.3) is 5.91 Å². The molecule has 0 heterocycles. The molecule has 5 heteroatoms. The van der Waals surface area contributed by atoms with Gasteiger partial charge >= 0.3 is 0 Å². The van der Waals surface area contributed by atoms with E-state index in [9.17, 15) is 4.79 Å². The molecule has 18 heavy (non-hydrogen) atoms. The lowest BCUT2D eigenvalue weighted by Crippen LogP contribution is -2.12. The topological polar surface area (TPSA) is 29.1 Å². The van der Waals surface area contributed by atoms with Crippen LogP contribution in [0, 0.1) is 3.57 Å². The minimum atomic E-state index is -0.128. The summed E-state index contributed by atoms with van der Waals surface area (Å²) in [6, 6.07) is 13.1. The fourth-order valence-corrected chi connectivity index (χ4v) is 3.21. The molecular formula is C13H8Br2INO. The number of carbonyl (C=O) groups is 1. The summed E-state index contributed by atoms with van der Waals surface area (Å²) in [5, 5.41) is 2.87. The third kappa shape index (κ3) is 3.55. The van der Waals surface area contributed by atoms with Crippen molar-refractivity contribution in [2.75, 3.05) is 5.32 Å². The smallest absolute Gasteiger partial charge is 0.256 e. The highest BCUT2D eigenvalue weighted by atomic mass is 127. The summed E-state index contributed by atoms with van der Waals surface area (Å²) >= 11 is 8.95. The van der Waals surface area contributed by atoms with E-state index in [0.717, 1.165) is 18.2 Å². The van der Waals surface area contributed by atoms with Crippen LogP contribution >= 0.6 is 54.5 Å². The van der Waals surface area contributed by atoms with Gasteiger partial charge in [-0.3, -0.25) is 4.79 Å². The number of amides is 1. The van der Waals surface area contributed by atoms with Crippen molar-refractivity contribution >= 4 is 66.0 Å². The highest BCUT2D eigenvalue weighted by Crippen LogP contribution is 2.23. The molecule has 92 valence electrons. The molecule has 0 aliphatic rings. The van der Waals surface area contributed by atoms with E-state index in [1.54, 1.807) is 6.07 Å². The number of rotatable bonds is 2. The molecule has 0 unspecified atom stereocenters. The Morgan fingerprint density at radius 3 is 2.56 bits per heavy atom. The van der Waals surface area contributed by atoms with Gasteiger partial charge in [0.1, 0.15) is 0 Å². The molecule has 0 radical (unpaired) electrons. The fourth-order valence-electron chi connectivity index (χ4n) is 1.44. The molecule has 1 amide bonds. The molecule has 2 rings (SSSR count). The van der Waals surface area contributed by atoms with Gasteiger partial charge in [-0.05, 0) is 74.9 Å². The predicted molar refractivity (Wildman–Crippen MR) is 89.0 cm³/mol. The zero-order chi connectivity index (χ0) is 13.1. The number of carbonyl (C=O) groups excluding carboxylic acids is 1. The van der Waals surface area contributed by atoms with Crippen molar-refractivity contribution in [3.63, 3.8) is 0 Å². The molecule has 2 aromatic carbocycles. The molecule has 0 saturated carbocycles. The molecular weight excluding hydrogens is 473 g/mol. The van der Waals surface area contributed by atoms with Crippen molar-refractivity contribution in [2.24, 2.45) is 0 Å². The van der Waals surface area contributed by atoms with Gasteiger partial charge in [-0.1, -0.05) is 22.0 Å². The Balaban J connectivity index is 2.22. The Morgan fingerprint density at radius 1 is 1.11 bits per heavy atom. The Labute approximate surface area is 136 Å². The highest BCUT2D eigenvalue weighted by molar-refractivity contribution is 14.1. The van der Waals surface area contributed by atoms with Crippen molar-refractivity contribution < 1.29 is 4.79 Å². The van der Waals surface area contributed by atoms with Crippen molar-refractivity contribution in [2.45, 2.75) is 0 Å². The van der Waals surface area contributed by atoms with Crippen molar-refractivity contribution in [3.8, 4) is 0 Å². The number of nitrogens with one attached hydrogen (secondary N) is 1. The van der Waals surface area contributed by atoms with Gasteiger partial charge in [0.2, 0.25) is 0 Å². The van der Waals surface area contributed by atoms with Crippen molar-refractivity contribution in [1.82, 2.24) is 0 Å². The van der Waals surface area contributed by atoms with Crippen LogP contribution in [-0.4, -0.2) is 5.91 Å². The number of halogens is 3. The van der Waals surface area contributed by atoms with Gasteiger partial charge in [0, 0.05) is 18.2 Å². The first-order chi connectivity index (χ1) is 8.56. The van der Waals surface area contributed by atoms with E-state index in [4.69, 9.17) is 0 Å². The van der Waals surface area contributed by atoms with E-state index in [1.165, 1.54) is 0 Å². The first-order valence-corrected chi connectivity index (χ1v) is 7.75. The maximum Gasteiger partial charge on any atom is 0.256 e. The normalized spacial score (nSPS) is 10.2. The molecule has 0 saturated heterocycles. The van der Waals surface area contributed by atoms with Gasteiger partial charge in [-0.15, -0.1) is 0 Å². The average molecular weight is 481 g/mol. The van der Waals surface area contributed by atoms with E-state index in [-0.39, 0.29) is 5.91 Å². The number of benzene rings is 2. The molecule has 0 aliphatic carbocycles. The van der Waals surface area contributed by atoms with Crippen LogP contribution in [0.15, 0.2) is 51.4 Å². The molecule has 2 aromatic rings. The zero-order valence-corrected chi connectivity index (χ0v) is 14.4. The minimum absolute atomic E-state index is 0.128. The summed E-state index contributed by atoms with van der Waals surface area (Å²) in [4.78, 5) is 12.1. The summed E-state index contributed by atoms with van der Waals surface area (Å²) < 4.78 is 2.78. The largest absolute Gasteiger partial charge is 0.322 e. The molecule has 0 fully saturated rings. The van der Waals surface area contributed by atoms with Crippen LogP contribution in [0.4, 0.5) is 5.69 Å². The van der Waals surface area contributed by atoms with Crippen molar-refractivity contribution in [1.29, 1.82) is 0 Å².